The molecule has 0 radical (unpaired) electrons. The second-order valence-electron chi connectivity index (χ2n) is 8.00. The quantitative estimate of drug-likeness (QED) is 0.484. The third-order valence-corrected chi connectivity index (χ3v) is 7.08. The van der Waals surface area contributed by atoms with Crippen LogP contribution in [-0.4, -0.2) is 32.0 Å². The number of rotatable bonds is 6. The highest BCUT2D eigenvalue weighted by Gasteiger charge is 2.35. The molecule has 1 amide bonds. The van der Waals surface area contributed by atoms with Gasteiger partial charge in [-0.15, -0.1) is 0 Å². The van der Waals surface area contributed by atoms with E-state index < -0.39 is 40.5 Å². The van der Waals surface area contributed by atoms with Gasteiger partial charge in [-0.2, -0.15) is 13.2 Å². The lowest BCUT2D eigenvalue weighted by Gasteiger charge is -2.22. The number of amides is 1. The number of aromatic nitrogens is 1. The van der Waals surface area contributed by atoms with E-state index in [0.29, 0.717) is 41.0 Å². The van der Waals surface area contributed by atoms with E-state index in [-0.39, 0.29) is 12.5 Å². The molecular weight excluding hydrogens is 489 g/mol. The van der Waals surface area contributed by atoms with Crippen LogP contribution >= 0.6 is 0 Å². The molecule has 1 unspecified atom stereocenters. The van der Waals surface area contributed by atoms with Gasteiger partial charge in [0.1, 0.15) is 34.4 Å². The van der Waals surface area contributed by atoms with Crippen LogP contribution in [0.25, 0.3) is 11.1 Å². The molecule has 35 heavy (non-hydrogen) atoms. The normalized spacial score (nSPS) is 17.3. The van der Waals surface area contributed by atoms with Gasteiger partial charge in [-0.25, -0.2) is 17.3 Å². The summed E-state index contributed by atoms with van der Waals surface area (Å²) in [6.07, 6.45) is -2.44. The van der Waals surface area contributed by atoms with E-state index >= 15 is 0 Å². The van der Waals surface area contributed by atoms with E-state index in [1.54, 1.807) is 6.07 Å². The van der Waals surface area contributed by atoms with Crippen molar-refractivity contribution in [3.05, 3.63) is 83.7 Å². The van der Waals surface area contributed by atoms with Gasteiger partial charge in [0.25, 0.3) is 0 Å². The molecular formula is C24H20F5N3O2S. The van der Waals surface area contributed by atoms with Crippen molar-refractivity contribution in [2.45, 2.75) is 36.5 Å². The fraction of sp³-hybridized carbons (Fsp3) is 0.250. The molecule has 2 atom stereocenters. The number of benzene rings is 2. The van der Waals surface area contributed by atoms with Gasteiger partial charge in [-0.3, -0.25) is 9.78 Å². The van der Waals surface area contributed by atoms with Gasteiger partial charge >= 0.3 is 6.18 Å². The van der Waals surface area contributed by atoms with E-state index in [1.165, 1.54) is 46.8 Å². The monoisotopic (exact) mass is 509 g/mol. The predicted octanol–water partition coefficient (Wildman–Crippen LogP) is 4.85. The third kappa shape index (κ3) is 5.91. The molecule has 3 aromatic rings. The number of pyridine rings is 1. The molecule has 1 aliphatic rings. The van der Waals surface area contributed by atoms with Crippen molar-refractivity contribution < 1.29 is 31.0 Å². The maximum absolute atomic E-state index is 14.2. The SMILES string of the molecule is O=C(NCc1cc(F)cc(-c2ccc(C(F)(F)F)nc2)c1)[C@@H]1CCCN1S(=O)c1ccc(F)cc1. The Morgan fingerprint density at radius 2 is 1.77 bits per heavy atom. The summed E-state index contributed by atoms with van der Waals surface area (Å²) in [5.74, 6) is -1.46. The molecule has 2 aromatic carbocycles. The lowest BCUT2D eigenvalue weighted by Crippen LogP contribution is -2.43. The highest BCUT2D eigenvalue weighted by Crippen LogP contribution is 2.29. The Kier molecular flexibility index (Phi) is 7.27. The Balaban J connectivity index is 1.44. The van der Waals surface area contributed by atoms with E-state index in [1.807, 2.05) is 0 Å². The van der Waals surface area contributed by atoms with E-state index in [4.69, 9.17) is 0 Å². The van der Waals surface area contributed by atoms with Crippen molar-refractivity contribution in [3.8, 4) is 11.1 Å². The molecule has 1 aliphatic heterocycles. The molecule has 11 heteroatoms. The van der Waals surface area contributed by atoms with Crippen LogP contribution in [-0.2, 0) is 28.5 Å². The van der Waals surface area contributed by atoms with Gasteiger partial charge in [0, 0.05) is 24.8 Å². The molecule has 5 nitrogen and oxygen atoms in total. The first-order chi connectivity index (χ1) is 16.6. The Morgan fingerprint density at radius 1 is 1.03 bits per heavy atom. The maximum Gasteiger partial charge on any atom is 0.433 e. The first-order valence-electron chi connectivity index (χ1n) is 10.7. The lowest BCUT2D eigenvalue weighted by atomic mass is 10.0. The van der Waals surface area contributed by atoms with Crippen LogP contribution in [0.1, 0.15) is 24.1 Å². The average Bonchev–Trinajstić information content (AvgIpc) is 3.32. The second-order valence-corrected chi connectivity index (χ2v) is 9.44. The van der Waals surface area contributed by atoms with Crippen LogP contribution in [0.4, 0.5) is 22.0 Å². The molecule has 1 N–H and O–H groups in total. The molecule has 2 heterocycles. The number of carbonyl (C=O) groups is 1. The molecule has 1 fully saturated rings. The summed E-state index contributed by atoms with van der Waals surface area (Å²) in [5.41, 5.74) is -0.0427. The molecule has 184 valence electrons. The summed E-state index contributed by atoms with van der Waals surface area (Å²) in [6.45, 7) is 0.387. The minimum atomic E-state index is -4.58. The minimum absolute atomic E-state index is 0.0365. The van der Waals surface area contributed by atoms with Gasteiger partial charge in [0.2, 0.25) is 5.91 Å². The Hall–Kier alpha value is -3.18. The van der Waals surface area contributed by atoms with Crippen LogP contribution in [0.5, 0.6) is 0 Å². The highest BCUT2D eigenvalue weighted by molar-refractivity contribution is 7.82. The molecule has 1 saturated heterocycles. The zero-order chi connectivity index (χ0) is 25.2. The van der Waals surface area contributed by atoms with Gasteiger partial charge in [0.05, 0.1) is 4.90 Å². The van der Waals surface area contributed by atoms with Crippen LogP contribution in [0.2, 0.25) is 0 Å². The zero-order valence-electron chi connectivity index (χ0n) is 18.2. The summed E-state index contributed by atoms with van der Waals surface area (Å²) >= 11 is 0. The first kappa shape index (κ1) is 24.9. The van der Waals surface area contributed by atoms with Gasteiger partial charge in [0.15, 0.2) is 0 Å². The minimum Gasteiger partial charge on any atom is -0.351 e. The molecule has 1 aromatic heterocycles. The van der Waals surface area contributed by atoms with Crippen LogP contribution in [0.15, 0.2) is 65.7 Å². The zero-order valence-corrected chi connectivity index (χ0v) is 19.0. The third-order valence-electron chi connectivity index (χ3n) is 5.55. The van der Waals surface area contributed by atoms with E-state index in [2.05, 4.69) is 10.3 Å². The van der Waals surface area contributed by atoms with Gasteiger partial charge in [-0.1, -0.05) is 6.07 Å². The van der Waals surface area contributed by atoms with Gasteiger partial charge < -0.3 is 5.32 Å². The fourth-order valence-corrected chi connectivity index (χ4v) is 5.21. The predicted molar refractivity (Wildman–Crippen MR) is 119 cm³/mol. The van der Waals surface area contributed by atoms with Crippen molar-refractivity contribution in [2.75, 3.05) is 6.54 Å². The fourth-order valence-electron chi connectivity index (χ4n) is 3.85. The first-order valence-corrected chi connectivity index (χ1v) is 11.8. The van der Waals surface area contributed by atoms with Crippen LogP contribution < -0.4 is 5.32 Å². The van der Waals surface area contributed by atoms with E-state index in [0.717, 1.165) is 12.3 Å². The number of alkyl halides is 3. The summed E-state index contributed by atoms with van der Waals surface area (Å²) < 4.78 is 80.0. The number of nitrogens with one attached hydrogen (secondary N) is 1. The Labute approximate surface area is 200 Å². The molecule has 0 spiro atoms. The van der Waals surface area contributed by atoms with Gasteiger partial charge in [-0.05, 0) is 72.5 Å². The largest absolute Gasteiger partial charge is 0.433 e. The summed E-state index contributed by atoms with van der Waals surface area (Å²) in [5, 5.41) is 2.72. The van der Waals surface area contributed by atoms with Crippen LogP contribution in [0, 0.1) is 11.6 Å². The molecule has 0 saturated carbocycles. The summed E-state index contributed by atoms with van der Waals surface area (Å²) in [4.78, 5) is 16.6. The maximum atomic E-state index is 14.2. The number of halogens is 5. The topological polar surface area (TPSA) is 62.3 Å². The number of hydrogen-bond acceptors (Lipinski definition) is 3. The average molecular weight is 510 g/mol. The summed E-state index contributed by atoms with van der Waals surface area (Å²) in [6, 6.07) is 10.5. The lowest BCUT2D eigenvalue weighted by molar-refractivity contribution is -0.141. The number of hydrogen-bond donors (Lipinski definition) is 1. The summed E-state index contributed by atoms with van der Waals surface area (Å²) in [7, 11) is -1.65. The Bertz CT molecular complexity index is 1230. The van der Waals surface area contributed by atoms with E-state index in [9.17, 15) is 31.0 Å². The molecule has 0 aliphatic carbocycles. The van der Waals surface area contributed by atoms with Crippen molar-refractivity contribution in [1.82, 2.24) is 14.6 Å². The van der Waals surface area contributed by atoms with Crippen LogP contribution in [0.3, 0.4) is 0 Å². The van der Waals surface area contributed by atoms with Crippen molar-refractivity contribution in [1.29, 1.82) is 0 Å². The Morgan fingerprint density at radius 3 is 2.43 bits per heavy atom. The standard InChI is InChI=1S/C24H20F5N3O2S/c25-18-4-6-20(7-5-18)35(34)32-9-1-2-21(32)23(33)31-13-15-10-17(12-19(26)11-15)16-3-8-22(30-14-16)24(27,28)29/h3-8,10-12,14,21H,1-2,9,13H2,(H,31,33)/t21-,35?/m0/s1. The smallest absolute Gasteiger partial charge is 0.351 e. The molecule has 0 bridgehead atoms. The molecule has 4 rings (SSSR count). The van der Waals surface area contributed by atoms with Crippen molar-refractivity contribution >= 4 is 16.9 Å². The second kappa shape index (κ2) is 10.2. The van der Waals surface area contributed by atoms with Crippen molar-refractivity contribution in [3.63, 3.8) is 0 Å². The van der Waals surface area contributed by atoms with Crippen molar-refractivity contribution in [2.24, 2.45) is 0 Å². The number of carbonyl (C=O) groups excluding carboxylic acids is 1. The highest BCUT2D eigenvalue weighted by atomic mass is 32.2. The number of nitrogens with zero attached hydrogens (tertiary/aromatic N) is 2.